The molecule has 1 aromatic carbocycles. The molecule has 0 aliphatic heterocycles. The fraction of sp³-hybridized carbons (Fsp3) is 0.300. The van der Waals surface area contributed by atoms with Crippen molar-refractivity contribution in [3.05, 3.63) is 39.4 Å². The number of rotatable bonds is 3. The molecule has 0 aromatic heterocycles. The third-order valence-corrected chi connectivity index (χ3v) is 2.30. The summed E-state index contributed by atoms with van der Waals surface area (Å²) in [5.74, 6) is -1.93. The minimum Gasteiger partial charge on any atom is -0.481 e. The van der Waals surface area contributed by atoms with Crippen molar-refractivity contribution in [1.29, 1.82) is 0 Å². The van der Waals surface area contributed by atoms with Crippen LogP contribution in [0.3, 0.4) is 0 Å². The average Bonchev–Trinajstić information content (AvgIpc) is 2.16. The molecular formula is C10H11NO4. The number of nitro groups is 1. The lowest BCUT2D eigenvalue weighted by Crippen LogP contribution is -2.11. The monoisotopic (exact) mass is 209 g/mol. The number of nitro benzene ring substituents is 1. The molecule has 0 saturated carbocycles. The van der Waals surface area contributed by atoms with E-state index in [1.165, 1.54) is 13.0 Å². The van der Waals surface area contributed by atoms with E-state index in [4.69, 9.17) is 5.11 Å². The Balaban J connectivity index is 3.37. The van der Waals surface area contributed by atoms with Crippen molar-refractivity contribution < 1.29 is 14.8 Å². The lowest BCUT2D eigenvalue weighted by molar-refractivity contribution is -0.385. The number of nitrogens with zero attached hydrogens (tertiary/aromatic N) is 1. The molecule has 80 valence electrons. The van der Waals surface area contributed by atoms with Crippen molar-refractivity contribution in [2.75, 3.05) is 0 Å². The summed E-state index contributed by atoms with van der Waals surface area (Å²) in [6.45, 7) is 3.11. The molecule has 0 spiro atoms. The summed E-state index contributed by atoms with van der Waals surface area (Å²) in [5, 5.41) is 19.6. The Hall–Kier alpha value is -1.91. The van der Waals surface area contributed by atoms with Gasteiger partial charge in [-0.15, -0.1) is 0 Å². The maximum atomic E-state index is 10.8. The highest BCUT2D eigenvalue weighted by Gasteiger charge is 2.25. The van der Waals surface area contributed by atoms with Crippen LogP contribution in [0.2, 0.25) is 0 Å². The molecule has 0 fully saturated rings. The van der Waals surface area contributed by atoms with E-state index in [2.05, 4.69) is 0 Å². The normalized spacial score (nSPS) is 12.1. The second-order valence-corrected chi connectivity index (χ2v) is 3.32. The molecule has 1 atom stereocenters. The van der Waals surface area contributed by atoms with Crippen molar-refractivity contribution in [3.63, 3.8) is 0 Å². The molecule has 0 saturated heterocycles. The third kappa shape index (κ3) is 2.12. The summed E-state index contributed by atoms with van der Waals surface area (Å²) in [4.78, 5) is 21.0. The molecule has 0 heterocycles. The SMILES string of the molecule is Cc1cccc([N+](=O)[O-])c1C(C)C(=O)O. The summed E-state index contributed by atoms with van der Waals surface area (Å²) in [6, 6.07) is 4.54. The summed E-state index contributed by atoms with van der Waals surface area (Å²) >= 11 is 0. The summed E-state index contributed by atoms with van der Waals surface area (Å²) < 4.78 is 0. The van der Waals surface area contributed by atoms with Gasteiger partial charge < -0.3 is 5.11 Å². The Morgan fingerprint density at radius 2 is 2.13 bits per heavy atom. The molecule has 1 N–H and O–H groups in total. The number of hydrogen-bond acceptors (Lipinski definition) is 3. The minimum atomic E-state index is -1.06. The van der Waals surface area contributed by atoms with Crippen LogP contribution in [0.5, 0.6) is 0 Å². The van der Waals surface area contributed by atoms with E-state index in [1.807, 2.05) is 0 Å². The lowest BCUT2D eigenvalue weighted by Gasteiger charge is -2.10. The Morgan fingerprint density at radius 3 is 2.60 bits per heavy atom. The van der Waals surface area contributed by atoms with Gasteiger partial charge in [0.05, 0.1) is 10.8 Å². The van der Waals surface area contributed by atoms with Crippen LogP contribution in [0.25, 0.3) is 0 Å². The maximum Gasteiger partial charge on any atom is 0.310 e. The quantitative estimate of drug-likeness (QED) is 0.610. The molecule has 0 radical (unpaired) electrons. The molecule has 0 amide bonds. The number of carboxylic acids is 1. The first-order valence-corrected chi connectivity index (χ1v) is 4.42. The van der Waals surface area contributed by atoms with E-state index >= 15 is 0 Å². The molecule has 1 unspecified atom stereocenters. The van der Waals surface area contributed by atoms with Crippen molar-refractivity contribution >= 4 is 11.7 Å². The molecule has 5 nitrogen and oxygen atoms in total. The highest BCUT2D eigenvalue weighted by Crippen LogP contribution is 2.29. The van der Waals surface area contributed by atoms with Crippen molar-refractivity contribution in [2.24, 2.45) is 0 Å². The van der Waals surface area contributed by atoms with Gasteiger partial charge >= 0.3 is 5.97 Å². The van der Waals surface area contributed by atoms with Crippen LogP contribution in [-0.2, 0) is 4.79 Å². The predicted octanol–water partition coefficient (Wildman–Crippen LogP) is 2.09. The zero-order valence-corrected chi connectivity index (χ0v) is 8.43. The van der Waals surface area contributed by atoms with Crippen molar-refractivity contribution in [2.45, 2.75) is 19.8 Å². The number of aryl methyl sites for hydroxylation is 1. The smallest absolute Gasteiger partial charge is 0.310 e. The predicted molar refractivity (Wildman–Crippen MR) is 53.9 cm³/mol. The van der Waals surface area contributed by atoms with Gasteiger partial charge in [-0.1, -0.05) is 12.1 Å². The highest BCUT2D eigenvalue weighted by molar-refractivity contribution is 5.78. The van der Waals surface area contributed by atoms with Gasteiger partial charge in [-0.25, -0.2) is 0 Å². The number of hydrogen-bond donors (Lipinski definition) is 1. The van der Waals surface area contributed by atoms with Crippen LogP contribution in [0.15, 0.2) is 18.2 Å². The first-order valence-electron chi connectivity index (χ1n) is 4.42. The molecule has 5 heteroatoms. The fourth-order valence-corrected chi connectivity index (χ4v) is 1.51. The molecule has 0 aliphatic rings. The first-order chi connectivity index (χ1) is 6.95. The van der Waals surface area contributed by atoms with Gasteiger partial charge in [0.15, 0.2) is 0 Å². The lowest BCUT2D eigenvalue weighted by atomic mass is 9.95. The van der Waals surface area contributed by atoms with E-state index in [0.29, 0.717) is 5.56 Å². The Morgan fingerprint density at radius 1 is 1.53 bits per heavy atom. The van der Waals surface area contributed by atoms with Crippen LogP contribution in [0.4, 0.5) is 5.69 Å². The number of aliphatic carboxylic acids is 1. The molecule has 15 heavy (non-hydrogen) atoms. The molecule has 1 aromatic rings. The molecule has 0 bridgehead atoms. The minimum absolute atomic E-state index is 0.134. The topological polar surface area (TPSA) is 80.4 Å². The van der Waals surface area contributed by atoms with E-state index in [0.717, 1.165) is 0 Å². The second-order valence-electron chi connectivity index (χ2n) is 3.32. The van der Waals surface area contributed by atoms with Gasteiger partial charge in [-0.05, 0) is 19.4 Å². The van der Waals surface area contributed by atoms with Crippen LogP contribution in [0.1, 0.15) is 24.0 Å². The Kier molecular flexibility index (Phi) is 3.04. The Labute approximate surface area is 86.5 Å². The fourth-order valence-electron chi connectivity index (χ4n) is 1.51. The van der Waals surface area contributed by atoms with E-state index in [9.17, 15) is 14.9 Å². The largest absolute Gasteiger partial charge is 0.481 e. The number of carbonyl (C=O) groups is 1. The van der Waals surface area contributed by atoms with E-state index in [1.54, 1.807) is 19.1 Å². The van der Waals surface area contributed by atoms with Crippen molar-refractivity contribution in [3.8, 4) is 0 Å². The van der Waals surface area contributed by atoms with Gasteiger partial charge in [0.25, 0.3) is 5.69 Å². The Bertz CT molecular complexity index is 414. The highest BCUT2D eigenvalue weighted by atomic mass is 16.6. The van der Waals surface area contributed by atoms with Crippen LogP contribution in [0, 0.1) is 17.0 Å². The van der Waals surface area contributed by atoms with Gasteiger partial charge in [0, 0.05) is 11.6 Å². The van der Waals surface area contributed by atoms with Crippen LogP contribution in [-0.4, -0.2) is 16.0 Å². The number of benzene rings is 1. The van der Waals surface area contributed by atoms with Gasteiger partial charge in [0.1, 0.15) is 0 Å². The standard InChI is InChI=1S/C10H11NO4/c1-6-4-3-5-8(11(14)15)9(6)7(2)10(12)13/h3-5,7H,1-2H3,(H,12,13). The van der Waals surface area contributed by atoms with Gasteiger partial charge in [0.2, 0.25) is 0 Å². The van der Waals surface area contributed by atoms with E-state index < -0.39 is 16.8 Å². The van der Waals surface area contributed by atoms with Crippen LogP contribution < -0.4 is 0 Å². The summed E-state index contributed by atoms with van der Waals surface area (Å²) in [5.41, 5.74) is 0.763. The van der Waals surface area contributed by atoms with E-state index in [-0.39, 0.29) is 11.3 Å². The molecule has 0 aliphatic carbocycles. The average molecular weight is 209 g/mol. The van der Waals surface area contributed by atoms with Crippen LogP contribution >= 0.6 is 0 Å². The van der Waals surface area contributed by atoms with Gasteiger partial charge in [-0.3, -0.25) is 14.9 Å². The van der Waals surface area contributed by atoms with Crippen molar-refractivity contribution in [1.82, 2.24) is 0 Å². The first kappa shape index (κ1) is 11.2. The zero-order chi connectivity index (χ0) is 11.6. The second kappa shape index (κ2) is 4.08. The zero-order valence-electron chi connectivity index (χ0n) is 8.43. The maximum absolute atomic E-state index is 10.8. The van der Waals surface area contributed by atoms with Gasteiger partial charge in [-0.2, -0.15) is 0 Å². The summed E-state index contributed by atoms with van der Waals surface area (Å²) in [6.07, 6.45) is 0. The third-order valence-electron chi connectivity index (χ3n) is 2.30. The summed E-state index contributed by atoms with van der Waals surface area (Å²) in [7, 11) is 0. The number of carboxylic acid groups (broad SMARTS) is 1. The molecular weight excluding hydrogens is 198 g/mol. The molecule has 1 rings (SSSR count).